The third-order valence-corrected chi connectivity index (χ3v) is 3.03. The Balaban J connectivity index is 2.78. The van der Waals surface area contributed by atoms with Crippen LogP contribution < -0.4 is 0 Å². The van der Waals surface area contributed by atoms with Gasteiger partial charge in [0.25, 0.3) is 0 Å². The highest BCUT2D eigenvalue weighted by atomic mass is 16.3. The predicted octanol–water partition coefficient (Wildman–Crippen LogP) is 1.71. The molecule has 2 aromatic rings. The standard InChI is InChI=1S/C13H15N3O/c1-13(2,8-17)12-15-11-9(7-14)5-4-6-10(11)16(12)3/h4-6,17H,8H2,1-3H3. The van der Waals surface area contributed by atoms with Crippen LogP contribution in [0.15, 0.2) is 18.2 Å². The Morgan fingerprint density at radius 1 is 1.47 bits per heavy atom. The first-order valence-corrected chi connectivity index (χ1v) is 5.48. The van der Waals surface area contributed by atoms with E-state index in [1.807, 2.05) is 37.6 Å². The number of hydrogen-bond acceptors (Lipinski definition) is 3. The zero-order valence-electron chi connectivity index (χ0n) is 10.2. The molecular formula is C13H15N3O. The molecule has 0 aliphatic heterocycles. The van der Waals surface area contributed by atoms with Gasteiger partial charge in [-0.25, -0.2) is 4.98 Å². The van der Waals surface area contributed by atoms with Gasteiger partial charge >= 0.3 is 0 Å². The highest BCUT2D eigenvalue weighted by Gasteiger charge is 2.26. The summed E-state index contributed by atoms with van der Waals surface area (Å²) >= 11 is 0. The van der Waals surface area contributed by atoms with Gasteiger partial charge < -0.3 is 9.67 Å². The van der Waals surface area contributed by atoms with Crippen molar-refractivity contribution in [1.82, 2.24) is 9.55 Å². The number of hydrogen-bond donors (Lipinski definition) is 1. The summed E-state index contributed by atoms with van der Waals surface area (Å²) in [5, 5.41) is 18.5. The lowest BCUT2D eigenvalue weighted by molar-refractivity contribution is 0.209. The maximum atomic E-state index is 9.41. The van der Waals surface area contributed by atoms with Gasteiger partial charge in [0, 0.05) is 12.5 Å². The summed E-state index contributed by atoms with van der Waals surface area (Å²) in [6.45, 7) is 3.88. The summed E-state index contributed by atoms with van der Waals surface area (Å²) in [4.78, 5) is 4.51. The average Bonchev–Trinajstić information content (AvgIpc) is 2.68. The van der Waals surface area contributed by atoms with E-state index in [0.717, 1.165) is 11.3 Å². The number of nitrogens with zero attached hydrogens (tertiary/aromatic N) is 3. The number of aromatic nitrogens is 2. The number of benzene rings is 1. The average molecular weight is 229 g/mol. The van der Waals surface area contributed by atoms with E-state index in [1.54, 1.807) is 6.07 Å². The minimum Gasteiger partial charge on any atom is -0.395 e. The van der Waals surface area contributed by atoms with Crippen LogP contribution in [-0.4, -0.2) is 21.3 Å². The molecule has 0 spiro atoms. The number of aryl methyl sites for hydroxylation is 1. The number of para-hydroxylation sites is 1. The first-order valence-electron chi connectivity index (χ1n) is 5.48. The van der Waals surface area contributed by atoms with E-state index in [-0.39, 0.29) is 6.61 Å². The molecule has 0 radical (unpaired) electrons. The van der Waals surface area contributed by atoms with Crippen LogP contribution in [0.3, 0.4) is 0 Å². The molecule has 88 valence electrons. The fourth-order valence-corrected chi connectivity index (χ4v) is 1.98. The molecule has 0 atom stereocenters. The van der Waals surface area contributed by atoms with Crippen molar-refractivity contribution in [2.45, 2.75) is 19.3 Å². The maximum absolute atomic E-state index is 9.41. The Hall–Kier alpha value is -1.86. The quantitative estimate of drug-likeness (QED) is 0.852. The number of fused-ring (bicyclic) bond motifs is 1. The largest absolute Gasteiger partial charge is 0.395 e. The van der Waals surface area contributed by atoms with Crippen LogP contribution in [-0.2, 0) is 12.5 Å². The monoisotopic (exact) mass is 229 g/mol. The predicted molar refractivity (Wildman–Crippen MR) is 65.5 cm³/mol. The van der Waals surface area contributed by atoms with Crippen LogP contribution in [0.4, 0.5) is 0 Å². The smallest absolute Gasteiger partial charge is 0.117 e. The van der Waals surface area contributed by atoms with Gasteiger partial charge in [-0.15, -0.1) is 0 Å². The summed E-state index contributed by atoms with van der Waals surface area (Å²) in [5.74, 6) is 0.790. The van der Waals surface area contributed by atoms with Gasteiger partial charge in [0.15, 0.2) is 0 Å². The SMILES string of the molecule is Cn1c(C(C)(C)CO)nc2c(C#N)cccc21. The molecule has 0 aliphatic rings. The van der Waals surface area contributed by atoms with E-state index in [2.05, 4.69) is 11.1 Å². The van der Waals surface area contributed by atoms with E-state index in [9.17, 15) is 5.11 Å². The van der Waals surface area contributed by atoms with Crippen LogP contribution in [0.25, 0.3) is 11.0 Å². The molecule has 17 heavy (non-hydrogen) atoms. The summed E-state index contributed by atoms with van der Waals surface area (Å²) in [7, 11) is 1.91. The molecule has 4 heteroatoms. The molecule has 4 nitrogen and oxygen atoms in total. The van der Waals surface area contributed by atoms with Crippen molar-refractivity contribution < 1.29 is 5.11 Å². The molecule has 1 aromatic carbocycles. The number of rotatable bonds is 2. The molecule has 2 rings (SSSR count). The third kappa shape index (κ3) is 1.69. The summed E-state index contributed by atoms with van der Waals surface area (Å²) < 4.78 is 1.94. The summed E-state index contributed by atoms with van der Waals surface area (Å²) in [6.07, 6.45) is 0. The Morgan fingerprint density at radius 2 is 2.18 bits per heavy atom. The minimum atomic E-state index is -0.416. The van der Waals surface area contributed by atoms with Gasteiger partial charge in [-0.3, -0.25) is 0 Å². The second-order valence-electron chi connectivity index (χ2n) is 4.82. The Labute approximate surface area is 100 Å². The lowest BCUT2D eigenvalue weighted by atomic mass is 9.94. The van der Waals surface area contributed by atoms with E-state index in [4.69, 9.17) is 5.26 Å². The second kappa shape index (κ2) is 3.86. The molecule has 0 aliphatic carbocycles. The number of aliphatic hydroxyl groups excluding tert-OH is 1. The van der Waals surface area contributed by atoms with Crippen LogP contribution >= 0.6 is 0 Å². The van der Waals surface area contributed by atoms with Gasteiger partial charge in [0.1, 0.15) is 17.4 Å². The Bertz CT molecular complexity index is 605. The summed E-state index contributed by atoms with van der Waals surface area (Å²) in [6, 6.07) is 7.67. The first kappa shape index (κ1) is 11.6. The fraction of sp³-hybridized carbons (Fsp3) is 0.385. The molecule has 0 fully saturated rings. The highest BCUT2D eigenvalue weighted by Crippen LogP contribution is 2.26. The second-order valence-corrected chi connectivity index (χ2v) is 4.82. The molecule has 0 saturated heterocycles. The van der Waals surface area contributed by atoms with Crippen LogP contribution in [0, 0.1) is 11.3 Å². The molecule has 0 saturated carbocycles. The van der Waals surface area contributed by atoms with Crippen molar-refractivity contribution in [2.24, 2.45) is 7.05 Å². The molecule has 1 aromatic heterocycles. The van der Waals surface area contributed by atoms with Gasteiger partial charge in [0.05, 0.1) is 17.7 Å². The van der Waals surface area contributed by atoms with Crippen LogP contribution in [0.2, 0.25) is 0 Å². The van der Waals surface area contributed by atoms with Crippen molar-refractivity contribution >= 4 is 11.0 Å². The van der Waals surface area contributed by atoms with Crippen LogP contribution in [0.5, 0.6) is 0 Å². The van der Waals surface area contributed by atoms with Gasteiger partial charge in [0.2, 0.25) is 0 Å². The summed E-state index contributed by atoms with van der Waals surface area (Å²) in [5.41, 5.74) is 1.77. The lowest BCUT2D eigenvalue weighted by Crippen LogP contribution is -2.26. The number of imidazole rings is 1. The molecule has 0 unspecified atom stereocenters. The Morgan fingerprint density at radius 3 is 2.76 bits per heavy atom. The zero-order valence-corrected chi connectivity index (χ0v) is 10.2. The maximum Gasteiger partial charge on any atom is 0.117 e. The van der Waals surface area contributed by atoms with Gasteiger partial charge in [-0.1, -0.05) is 19.9 Å². The van der Waals surface area contributed by atoms with Crippen molar-refractivity contribution in [3.8, 4) is 6.07 Å². The van der Waals surface area contributed by atoms with Crippen LogP contribution in [0.1, 0.15) is 25.2 Å². The van der Waals surface area contributed by atoms with Gasteiger partial charge in [-0.05, 0) is 12.1 Å². The first-order chi connectivity index (χ1) is 8.01. The molecule has 1 heterocycles. The number of nitriles is 1. The normalized spacial score (nSPS) is 11.7. The Kier molecular flexibility index (Phi) is 2.64. The van der Waals surface area contributed by atoms with E-state index < -0.39 is 5.41 Å². The molecule has 0 bridgehead atoms. The molecule has 1 N–H and O–H groups in total. The zero-order chi connectivity index (χ0) is 12.6. The van der Waals surface area contributed by atoms with Crippen molar-refractivity contribution in [2.75, 3.05) is 6.61 Å². The van der Waals surface area contributed by atoms with E-state index in [0.29, 0.717) is 11.1 Å². The molecule has 0 amide bonds. The van der Waals surface area contributed by atoms with E-state index >= 15 is 0 Å². The fourth-order valence-electron chi connectivity index (χ4n) is 1.98. The third-order valence-electron chi connectivity index (χ3n) is 3.03. The minimum absolute atomic E-state index is 0.0199. The number of aliphatic hydroxyl groups is 1. The lowest BCUT2D eigenvalue weighted by Gasteiger charge is -2.20. The van der Waals surface area contributed by atoms with Crippen molar-refractivity contribution in [3.63, 3.8) is 0 Å². The van der Waals surface area contributed by atoms with Gasteiger partial charge in [-0.2, -0.15) is 5.26 Å². The van der Waals surface area contributed by atoms with Crippen molar-refractivity contribution in [1.29, 1.82) is 5.26 Å². The molecular weight excluding hydrogens is 214 g/mol. The highest BCUT2D eigenvalue weighted by molar-refractivity contribution is 5.82. The van der Waals surface area contributed by atoms with Crippen molar-refractivity contribution in [3.05, 3.63) is 29.6 Å². The topological polar surface area (TPSA) is 61.8 Å². The van der Waals surface area contributed by atoms with E-state index in [1.165, 1.54) is 0 Å².